The molecule has 1 atom stereocenters. The maximum Gasteiger partial charge on any atom is 0.406 e. The Hall–Kier alpha value is -1.90. The number of anilines is 1. The number of aromatic nitrogens is 2. The molecule has 0 N–H and O–H groups in total. The van der Waals surface area contributed by atoms with Crippen LogP contribution in [0, 0.1) is 6.92 Å². The van der Waals surface area contributed by atoms with Crippen LogP contribution in [-0.2, 0) is 16.1 Å². The van der Waals surface area contributed by atoms with Gasteiger partial charge < -0.3 is 14.5 Å². The number of amides is 1. The summed E-state index contributed by atoms with van der Waals surface area (Å²) in [6, 6.07) is 1.04. The van der Waals surface area contributed by atoms with Crippen molar-refractivity contribution >= 4 is 11.7 Å². The van der Waals surface area contributed by atoms with Crippen LogP contribution in [0.3, 0.4) is 0 Å². The lowest BCUT2D eigenvalue weighted by molar-refractivity contribution is -0.157. The van der Waals surface area contributed by atoms with Gasteiger partial charge in [0.2, 0.25) is 5.91 Å². The molecule has 0 radical (unpaired) electrons. The van der Waals surface area contributed by atoms with Crippen molar-refractivity contribution in [1.29, 1.82) is 0 Å². The summed E-state index contributed by atoms with van der Waals surface area (Å²) >= 11 is 0. The van der Waals surface area contributed by atoms with Gasteiger partial charge in [0.15, 0.2) is 5.82 Å². The third-order valence-electron chi connectivity index (χ3n) is 3.63. The zero-order valence-corrected chi connectivity index (χ0v) is 13.2. The largest absolute Gasteiger partial charge is 0.406 e. The molecule has 23 heavy (non-hydrogen) atoms. The standard InChI is InChI=1S/C14H19F3N4O2/c1-9-6-12(19-11(18-9)7-23-3)20(2)10-4-5-21(13(10)22)8-14(15,16)17/h6,10H,4-5,7-8H2,1-3H3/t10-/m1/s1. The van der Waals surface area contributed by atoms with Gasteiger partial charge in [-0.3, -0.25) is 4.79 Å². The van der Waals surface area contributed by atoms with Crippen LogP contribution in [0.4, 0.5) is 19.0 Å². The third-order valence-corrected chi connectivity index (χ3v) is 3.63. The first kappa shape index (κ1) is 17.5. The number of carbonyl (C=O) groups is 1. The normalized spacial score (nSPS) is 18.6. The van der Waals surface area contributed by atoms with Gasteiger partial charge in [0, 0.05) is 32.5 Å². The highest BCUT2D eigenvalue weighted by atomic mass is 19.4. The second-order valence-corrected chi connectivity index (χ2v) is 5.51. The zero-order chi connectivity index (χ0) is 17.2. The number of methoxy groups -OCH3 is 1. The molecule has 1 saturated heterocycles. The second-order valence-electron chi connectivity index (χ2n) is 5.51. The maximum atomic E-state index is 12.5. The lowest BCUT2D eigenvalue weighted by Crippen LogP contribution is -2.43. The van der Waals surface area contributed by atoms with Crippen LogP contribution < -0.4 is 4.90 Å². The smallest absolute Gasteiger partial charge is 0.377 e. The number of carbonyl (C=O) groups excluding carboxylic acids is 1. The molecule has 0 aromatic carbocycles. The van der Waals surface area contributed by atoms with Crippen LogP contribution in [0.25, 0.3) is 0 Å². The van der Waals surface area contributed by atoms with E-state index in [1.165, 1.54) is 7.11 Å². The number of halogens is 3. The molecule has 0 saturated carbocycles. The summed E-state index contributed by atoms with van der Waals surface area (Å²) in [5, 5.41) is 0. The van der Waals surface area contributed by atoms with Crippen LogP contribution in [-0.4, -0.2) is 60.2 Å². The summed E-state index contributed by atoms with van der Waals surface area (Å²) in [5.74, 6) is 0.429. The monoisotopic (exact) mass is 332 g/mol. The Labute approximate surface area is 132 Å². The van der Waals surface area contributed by atoms with E-state index in [1.807, 2.05) is 0 Å². The molecular weight excluding hydrogens is 313 g/mol. The summed E-state index contributed by atoms with van der Waals surface area (Å²) in [7, 11) is 3.17. The van der Waals surface area contributed by atoms with E-state index in [4.69, 9.17) is 4.74 Å². The second kappa shape index (κ2) is 6.69. The van der Waals surface area contributed by atoms with Gasteiger partial charge in [0.25, 0.3) is 0 Å². The molecule has 1 aliphatic rings. The topological polar surface area (TPSA) is 58.6 Å². The number of likely N-dealkylation sites (N-methyl/N-ethyl adjacent to an activating group) is 1. The van der Waals surface area contributed by atoms with Crippen LogP contribution >= 0.6 is 0 Å². The van der Waals surface area contributed by atoms with Crippen LogP contribution in [0.5, 0.6) is 0 Å². The van der Waals surface area contributed by atoms with Gasteiger partial charge in [-0.1, -0.05) is 0 Å². The minimum atomic E-state index is -4.39. The van der Waals surface area contributed by atoms with Crippen LogP contribution in [0.1, 0.15) is 17.9 Å². The van der Waals surface area contributed by atoms with E-state index in [0.717, 1.165) is 4.90 Å². The van der Waals surface area contributed by atoms with Gasteiger partial charge >= 0.3 is 6.18 Å². The summed E-state index contributed by atoms with van der Waals surface area (Å²) in [5.41, 5.74) is 0.700. The highest BCUT2D eigenvalue weighted by Gasteiger charge is 2.41. The van der Waals surface area contributed by atoms with Crippen molar-refractivity contribution in [3.05, 3.63) is 17.6 Å². The summed E-state index contributed by atoms with van der Waals surface area (Å²) in [6.45, 7) is 0.877. The molecule has 6 nitrogen and oxygen atoms in total. The Kier molecular flexibility index (Phi) is 5.08. The first-order chi connectivity index (χ1) is 10.7. The van der Waals surface area contributed by atoms with Gasteiger partial charge in [0.1, 0.15) is 25.0 Å². The Morgan fingerprint density at radius 3 is 2.74 bits per heavy atom. The Balaban J connectivity index is 2.15. The zero-order valence-electron chi connectivity index (χ0n) is 13.2. The van der Waals surface area contributed by atoms with E-state index in [0.29, 0.717) is 23.8 Å². The molecule has 0 bridgehead atoms. The molecule has 9 heteroatoms. The maximum absolute atomic E-state index is 12.5. The summed E-state index contributed by atoms with van der Waals surface area (Å²) in [4.78, 5) is 23.2. The molecule has 1 fully saturated rings. The van der Waals surface area contributed by atoms with Crippen molar-refractivity contribution in [2.75, 3.05) is 32.1 Å². The molecule has 1 aromatic heterocycles. The number of ether oxygens (including phenoxy) is 1. The predicted molar refractivity (Wildman–Crippen MR) is 76.9 cm³/mol. The molecule has 0 aliphatic carbocycles. The number of nitrogens with zero attached hydrogens (tertiary/aromatic N) is 4. The van der Waals surface area contributed by atoms with Crippen molar-refractivity contribution in [2.45, 2.75) is 32.2 Å². The fourth-order valence-electron chi connectivity index (χ4n) is 2.60. The lowest BCUT2D eigenvalue weighted by atomic mass is 10.2. The molecule has 1 aromatic rings. The molecule has 2 heterocycles. The highest BCUT2D eigenvalue weighted by Crippen LogP contribution is 2.25. The Morgan fingerprint density at radius 1 is 1.43 bits per heavy atom. The van der Waals surface area contributed by atoms with Crippen molar-refractivity contribution in [2.24, 2.45) is 0 Å². The summed E-state index contributed by atoms with van der Waals surface area (Å²) in [6.07, 6.45) is -4.06. The lowest BCUT2D eigenvalue weighted by Gasteiger charge is -2.25. The fraction of sp³-hybridized carbons (Fsp3) is 0.643. The molecular formula is C14H19F3N4O2. The SMILES string of the molecule is COCc1nc(C)cc(N(C)[C@@H]2CCN(CC(F)(F)F)C2=O)n1. The number of alkyl halides is 3. The van der Waals surface area contributed by atoms with E-state index >= 15 is 0 Å². The minimum absolute atomic E-state index is 0.0857. The van der Waals surface area contributed by atoms with Gasteiger partial charge in [0.05, 0.1) is 0 Å². The minimum Gasteiger partial charge on any atom is -0.377 e. The molecule has 2 rings (SSSR count). The van der Waals surface area contributed by atoms with E-state index in [2.05, 4.69) is 9.97 Å². The third kappa shape index (κ3) is 4.31. The number of aryl methyl sites for hydroxylation is 1. The predicted octanol–water partition coefficient (Wildman–Crippen LogP) is 1.53. The van der Waals surface area contributed by atoms with Gasteiger partial charge in [-0.2, -0.15) is 13.2 Å². The number of hydrogen-bond donors (Lipinski definition) is 0. The van der Waals surface area contributed by atoms with Gasteiger partial charge in [-0.15, -0.1) is 0 Å². The first-order valence-corrected chi connectivity index (χ1v) is 7.13. The van der Waals surface area contributed by atoms with Gasteiger partial charge in [-0.05, 0) is 13.3 Å². The van der Waals surface area contributed by atoms with E-state index in [-0.39, 0.29) is 13.2 Å². The first-order valence-electron chi connectivity index (χ1n) is 7.13. The van der Waals surface area contributed by atoms with Crippen molar-refractivity contribution in [1.82, 2.24) is 14.9 Å². The van der Waals surface area contributed by atoms with Gasteiger partial charge in [-0.25, -0.2) is 9.97 Å². The van der Waals surface area contributed by atoms with Crippen molar-refractivity contribution in [3.63, 3.8) is 0 Å². The van der Waals surface area contributed by atoms with Crippen LogP contribution in [0.2, 0.25) is 0 Å². The average molecular weight is 332 g/mol. The highest BCUT2D eigenvalue weighted by molar-refractivity contribution is 5.87. The number of rotatable bonds is 5. The number of hydrogen-bond acceptors (Lipinski definition) is 5. The molecule has 128 valence electrons. The van der Waals surface area contributed by atoms with Crippen molar-refractivity contribution in [3.8, 4) is 0 Å². The summed E-state index contributed by atoms with van der Waals surface area (Å²) < 4.78 is 42.4. The van der Waals surface area contributed by atoms with Crippen molar-refractivity contribution < 1.29 is 22.7 Å². The molecule has 1 aliphatic heterocycles. The van der Waals surface area contributed by atoms with E-state index < -0.39 is 24.7 Å². The Morgan fingerprint density at radius 2 is 2.13 bits per heavy atom. The van der Waals surface area contributed by atoms with E-state index in [1.54, 1.807) is 24.9 Å². The molecule has 0 unspecified atom stereocenters. The van der Waals surface area contributed by atoms with Crippen LogP contribution in [0.15, 0.2) is 6.07 Å². The van der Waals surface area contributed by atoms with E-state index in [9.17, 15) is 18.0 Å². The molecule has 1 amide bonds. The number of likely N-dealkylation sites (tertiary alicyclic amines) is 1. The molecule has 0 spiro atoms. The quantitative estimate of drug-likeness (QED) is 0.818. The average Bonchev–Trinajstić information content (AvgIpc) is 2.77. The Bertz CT molecular complexity index is 580. The fourth-order valence-corrected chi connectivity index (χ4v) is 2.60.